The minimum Gasteiger partial charge on any atom is -0.492 e. The van der Waals surface area contributed by atoms with Crippen LogP contribution in [0.2, 0.25) is 0 Å². The average Bonchev–Trinajstić information content (AvgIpc) is 3.08. The van der Waals surface area contributed by atoms with Crippen molar-refractivity contribution in [3.8, 4) is 18.1 Å². The van der Waals surface area contributed by atoms with Crippen molar-refractivity contribution in [2.45, 2.75) is 38.3 Å². The lowest BCUT2D eigenvalue weighted by molar-refractivity contribution is -0.138. The van der Waals surface area contributed by atoms with Crippen molar-refractivity contribution in [1.82, 2.24) is 9.80 Å². The van der Waals surface area contributed by atoms with Crippen LogP contribution in [0.4, 0.5) is 0 Å². The number of amides is 1. The Bertz CT molecular complexity index is 1030. The predicted octanol–water partition coefficient (Wildman–Crippen LogP) is 3.54. The van der Waals surface area contributed by atoms with Gasteiger partial charge in [-0.2, -0.15) is 0 Å². The molecule has 0 aliphatic carbocycles. The van der Waals surface area contributed by atoms with Crippen molar-refractivity contribution in [1.29, 1.82) is 0 Å². The molecule has 2 unspecified atom stereocenters. The van der Waals surface area contributed by atoms with Crippen molar-refractivity contribution in [2.24, 2.45) is 5.92 Å². The van der Waals surface area contributed by atoms with Crippen molar-refractivity contribution in [3.05, 3.63) is 64.7 Å². The number of carbonyl (C=O) groups is 2. The molecule has 166 valence electrons. The zero-order valence-corrected chi connectivity index (χ0v) is 18.6. The molecule has 4 rings (SSSR count). The molecule has 5 nitrogen and oxygen atoms in total. The van der Waals surface area contributed by atoms with Crippen LogP contribution in [-0.4, -0.2) is 54.8 Å². The summed E-state index contributed by atoms with van der Waals surface area (Å²) < 4.78 is 5.85. The number of aldehydes is 1. The topological polar surface area (TPSA) is 49.9 Å². The number of para-hydroxylation sites is 1. The summed E-state index contributed by atoms with van der Waals surface area (Å²) >= 11 is 0. The first kappa shape index (κ1) is 22.1. The van der Waals surface area contributed by atoms with Crippen molar-refractivity contribution >= 4 is 12.2 Å². The molecule has 2 aromatic rings. The third-order valence-corrected chi connectivity index (χ3v) is 6.64. The zero-order chi connectivity index (χ0) is 22.5. The summed E-state index contributed by atoms with van der Waals surface area (Å²) in [7, 11) is 1.94. The number of ether oxygens (including phenoxy) is 1. The third-order valence-electron chi connectivity index (χ3n) is 6.64. The SMILES string of the molecule is C#Cc1cc(C=O)cc(CN2CCCC(N(C)C(=O)C3COc4ccccc4C3)CC2)c1. The molecule has 2 aromatic carbocycles. The lowest BCUT2D eigenvalue weighted by atomic mass is 9.94. The number of fused-ring (bicyclic) bond motifs is 1. The molecule has 1 fully saturated rings. The quantitative estimate of drug-likeness (QED) is 0.538. The molecule has 32 heavy (non-hydrogen) atoms. The monoisotopic (exact) mass is 430 g/mol. The summed E-state index contributed by atoms with van der Waals surface area (Å²) in [6.07, 6.45) is 10.1. The lowest BCUT2D eigenvalue weighted by Gasteiger charge is -2.33. The molecule has 0 N–H and O–H groups in total. The van der Waals surface area contributed by atoms with Gasteiger partial charge in [0, 0.05) is 37.3 Å². The molecule has 0 spiro atoms. The minimum absolute atomic E-state index is 0.123. The van der Waals surface area contributed by atoms with Gasteiger partial charge in [-0.1, -0.05) is 24.1 Å². The molecule has 0 saturated carbocycles. The van der Waals surface area contributed by atoms with E-state index in [1.54, 1.807) is 6.07 Å². The predicted molar refractivity (Wildman–Crippen MR) is 125 cm³/mol. The van der Waals surface area contributed by atoms with Crippen LogP contribution in [0.15, 0.2) is 42.5 Å². The Morgan fingerprint density at radius 1 is 1.25 bits per heavy atom. The second kappa shape index (κ2) is 10.0. The first-order chi connectivity index (χ1) is 15.6. The number of nitrogens with zero attached hydrogens (tertiary/aromatic N) is 2. The van der Waals surface area contributed by atoms with Gasteiger partial charge in [-0.05, 0) is 67.6 Å². The van der Waals surface area contributed by atoms with Crippen LogP contribution in [0, 0.1) is 18.3 Å². The van der Waals surface area contributed by atoms with Crippen LogP contribution in [0.5, 0.6) is 5.75 Å². The van der Waals surface area contributed by atoms with E-state index in [-0.39, 0.29) is 17.9 Å². The Morgan fingerprint density at radius 3 is 2.91 bits per heavy atom. The maximum Gasteiger partial charge on any atom is 0.229 e. The average molecular weight is 431 g/mol. The van der Waals surface area contributed by atoms with Crippen LogP contribution in [0.1, 0.15) is 46.3 Å². The number of likely N-dealkylation sites (tertiary alicyclic amines) is 1. The maximum atomic E-state index is 13.2. The van der Waals surface area contributed by atoms with Crippen LogP contribution >= 0.6 is 0 Å². The number of terminal acetylenes is 1. The standard InChI is InChI=1S/C27H30N2O3/c1-3-20-13-21(15-22(14-20)18-30)17-29-11-6-8-25(10-12-29)28(2)27(31)24-16-23-7-4-5-9-26(23)32-19-24/h1,4-5,7,9,13-15,18,24-25H,6,8,10-12,16-17,19H2,2H3. The van der Waals surface area contributed by atoms with E-state index in [4.69, 9.17) is 11.2 Å². The highest BCUT2D eigenvalue weighted by atomic mass is 16.5. The van der Waals surface area contributed by atoms with Gasteiger partial charge in [0.2, 0.25) is 5.91 Å². The lowest BCUT2D eigenvalue weighted by Crippen LogP contribution is -2.44. The molecular formula is C27H30N2O3. The molecule has 0 bridgehead atoms. The third kappa shape index (κ3) is 5.03. The van der Waals surface area contributed by atoms with E-state index >= 15 is 0 Å². The summed E-state index contributed by atoms with van der Waals surface area (Å²) in [5.41, 5.74) is 3.52. The summed E-state index contributed by atoms with van der Waals surface area (Å²) in [6, 6.07) is 13.8. The Hall–Kier alpha value is -3.10. The smallest absolute Gasteiger partial charge is 0.229 e. The molecule has 5 heteroatoms. The first-order valence-electron chi connectivity index (χ1n) is 11.3. The van der Waals surface area contributed by atoms with E-state index < -0.39 is 0 Å². The summed E-state index contributed by atoms with van der Waals surface area (Å²) in [5.74, 6) is 3.58. The maximum absolute atomic E-state index is 13.2. The summed E-state index contributed by atoms with van der Waals surface area (Å²) in [6.45, 7) is 3.08. The number of carbonyl (C=O) groups excluding carboxylic acids is 2. The Labute approximate surface area is 190 Å². The second-order valence-electron chi connectivity index (χ2n) is 8.86. The van der Waals surface area contributed by atoms with E-state index in [9.17, 15) is 9.59 Å². The van der Waals surface area contributed by atoms with Crippen LogP contribution in [0.25, 0.3) is 0 Å². The van der Waals surface area contributed by atoms with Gasteiger partial charge in [0.25, 0.3) is 0 Å². The molecule has 2 atom stereocenters. The number of hydrogen-bond donors (Lipinski definition) is 0. The Kier molecular flexibility index (Phi) is 6.92. The highest BCUT2D eigenvalue weighted by Crippen LogP contribution is 2.29. The van der Waals surface area contributed by atoms with Gasteiger partial charge >= 0.3 is 0 Å². The zero-order valence-electron chi connectivity index (χ0n) is 18.6. The van der Waals surface area contributed by atoms with Gasteiger partial charge in [-0.25, -0.2) is 0 Å². The van der Waals surface area contributed by atoms with E-state index in [1.807, 2.05) is 48.3 Å². The van der Waals surface area contributed by atoms with Crippen molar-refractivity contribution in [3.63, 3.8) is 0 Å². The molecule has 0 aromatic heterocycles. The summed E-state index contributed by atoms with van der Waals surface area (Å²) in [5, 5.41) is 0. The number of benzene rings is 2. The van der Waals surface area contributed by atoms with Gasteiger partial charge in [0.15, 0.2) is 0 Å². The highest BCUT2D eigenvalue weighted by Gasteiger charge is 2.31. The van der Waals surface area contributed by atoms with Gasteiger partial charge in [0.05, 0.1) is 5.92 Å². The Morgan fingerprint density at radius 2 is 2.09 bits per heavy atom. The van der Waals surface area contributed by atoms with Gasteiger partial charge < -0.3 is 9.64 Å². The fourth-order valence-electron chi connectivity index (χ4n) is 4.86. The van der Waals surface area contributed by atoms with E-state index in [1.165, 1.54) is 0 Å². The first-order valence-corrected chi connectivity index (χ1v) is 11.3. The molecule has 1 amide bonds. The largest absolute Gasteiger partial charge is 0.492 e. The minimum atomic E-state index is -0.123. The molecular weight excluding hydrogens is 400 g/mol. The molecule has 1 saturated heterocycles. The highest BCUT2D eigenvalue weighted by molar-refractivity contribution is 5.80. The van der Waals surface area contributed by atoms with Gasteiger partial charge in [-0.15, -0.1) is 6.42 Å². The van der Waals surface area contributed by atoms with Crippen molar-refractivity contribution in [2.75, 3.05) is 26.7 Å². The van der Waals surface area contributed by atoms with E-state index in [0.717, 1.165) is 74.0 Å². The molecule has 2 aliphatic heterocycles. The normalized spacial score (nSPS) is 20.9. The summed E-state index contributed by atoms with van der Waals surface area (Å²) in [4.78, 5) is 28.8. The molecule has 0 radical (unpaired) electrons. The van der Waals surface area contributed by atoms with Crippen LogP contribution in [-0.2, 0) is 17.8 Å². The molecule has 2 heterocycles. The fraction of sp³-hybridized carbons (Fsp3) is 0.407. The second-order valence-corrected chi connectivity index (χ2v) is 8.86. The van der Waals surface area contributed by atoms with E-state index in [0.29, 0.717) is 12.2 Å². The Balaban J connectivity index is 1.35. The fourth-order valence-corrected chi connectivity index (χ4v) is 4.86. The number of rotatable bonds is 5. The van der Waals surface area contributed by atoms with Crippen LogP contribution in [0.3, 0.4) is 0 Å². The van der Waals surface area contributed by atoms with Gasteiger partial charge in [0.1, 0.15) is 18.6 Å². The van der Waals surface area contributed by atoms with Crippen molar-refractivity contribution < 1.29 is 14.3 Å². The van der Waals surface area contributed by atoms with Crippen LogP contribution < -0.4 is 4.74 Å². The van der Waals surface area contributed by atoms with Gasteiger partial charge in [-0.3, -0.25) is 14.5 Å². The molecule has 2 aliphatic rings. The number of hydrogen-bond acceptors (Lipinski definition) is 4. The van der Waals surface area contributed by atoms with E-state index in [2.05, 4.69) is 10.8 Å².